The van der Waals surface area contributed by atoms with E-state index in [9.17, 15) is 14.4 Å². The van der Waals surface area contributed by atoms with Crippen LogP contribution in [0, 0.1) is 0 Å². The van der Waals surface area contributed by atoms with Crippen molar-refractivity contribution in [3.8, 4) is 5.75 Å². The van der Waals surface area contributed by atoms with E-state index in [-0.39, 0.29) is 11.8 Å². The standard InChI is InChI=1S/C22H24N2O5/c1-14(22(27)28)15-4-7-17(8-5-15)23-20(25)3-2-12-29-18-9-10-19-16(13-18)6-11-21(26)24-19/h4-5,7-10,13-14H,2-3,6,11-12H2,1H3,(H,23,25)(H,24,26)(H,27,28). The van der Waals surface area contributed by atoms with Crippen molar-refractivity contribution in [1.82, 2.24) is 0 Å². The predicted molar refractivity (Wildman–Crippen MR) is 109 cm³/mol. The number of rotatable bonds is 8. The lowest BCUT2D eigenvalue weighted by atomic mass is 10.0. The molecule has 0 saturated carbocycles. The van der Waals surface area contributed by atoms with Crippen LogP contribution in [-0.2, 0) is 20.8 Å². The maximum Gasteiger partial charge on any atom is 0.310 e. The Hall–Kier alpha value is -3.35. The Kier molecular flexibility index (Phi) is 6.49. The molecule has 0 spiro atoms. The summed E-state index contributed by atoms with van der Waals surface area (Å²) in [6, 6.07) is 12.4. The lowest BCUT2D eigenvalue weighted by Gasteiger charge is -2.17. The summed E-state index contributed by atoms with van der Waals surface area (Å²) in [4.78, 5) is 34.5. The van der Waals surface area contributed by atoms with Crippen molar-refractivity contribution >= 4 is 29.2 Å². The minimum atomic E-state index is -0.884. The van der Waals surface area contributed by atoms with Crippen LogP contribution in [0.25, 0.3) is 0 Å². The smallest absolute Gasteiger partial charge is 0.310 e. The number of nitrogens with one attached hydrogen (secondary N) is 2. The van der Waals surface area contributed by atoms with Crippen molar-refractivity contribution in [2.45, 2.75) is 38.5 Å². The van der Waals surface area contributed by atoms with Gasteiger partial charge in [-0.25, -0.2) is 0 Å². The lowest BCUT2D eigenvalue weighted by molar-refractivity contribution is -0.138. The zero-order valence-electron chi connectivity index (χ0n) is 16.2. The molecule has 0 radical (unpaired) electrons. The van der Waals surface area contributed by atoms with Gasteiger partial charge in [0.2, 0.25) is 11.8 Å². The van der Waals surface area contributed by atoms with Gasteiger partial charge in [-0.15, -0.1) is 0 Å². The molecule has 152 valence electrons. The molecule has 2 aromatic carbocycles. The second-order valence-corrected chi connectivity index (χ2v) is 7.05. The molecule has 1 aliphatic heterocycles. The first-order valence-electron chi connectivity index (χ1n) is 9.60. The molecule has 0 fully saturated rings. The fourth-order valence-electron chi connectivity index (χ4n) is 3.09. The van der Waals surface area contributed by atoms with Crippen LogP contribution < -0.4 is 15.4 Å². The number of anilines is 2. The van der Waals surface area contributed by atoms with Crippen molar-refractivity contribution < 1.29 is 24.2 Å². The average molecular weight is 396 g/mol. The van der Waals surface area contributed by atoms with Crippen molar-refractivity contribution in [2.24, 2.45) is 0 Å². The van der Waals surface area contributed by atoms with Crippen LogP contribution in [0.1, 0.15) is 43.2 Å². The van der Waals surface area contributed by atoms with Crippen LogP contribution in [0.2, 0.25) is 0 Å². The largest absolute Gasteiger partial charge is 0.494 e. The molecule has 7 heteroatoms. The monoisotopic (exact) mass is 396 g/mol. The molecule has 7 nitrogen and oxygen atoms in total. The number of aryl methyl sites for hydroxylation is 1. The van der Waals surface area contributed by atoms with Crippen molar-refractivity contribution in [3.05, 3.63) is 53.6 Å². The molecule has 1 aliphatic rings. The molecule has 29 heavy (non-hydrogen) atoms. The first-order valence-corrected chi connectivity index (χ1v) is 9.60. The molecular weight excluding hydrogens is 372 g/mol. The van der Waals surface area contributed by atoms with Crippen LogP contribution in [0.5, 0.6) is 5.75 Å². The third-order valence-corrected chi connectivity index (χ3v) is 4.85. The Balaban J connectivity index is 1.41. The van der Waals surface area contributed by atoms with Crippen molar-refractivity contribution in [1.29, 1.82) is 0 Å². The number of benzene rings is 2. The van der Waals surface area contributed by atoms with E-state index in [4.69, 9.17) is 9.84 Å². The second-order valence-electron chi connectivity index (χ2n) is 7.05. The van der Waals surface area contributed by atoms with Gasteiger partial charge in [0.05, 0.1) is 12.5 Å². The van der Waals surface area contributed by atoms with Gasteiger partial charge in [0.1, 0.15) is 5.75 Å². The quantitative estimate of drug-likeness (QED) is 0.592. The summed E-state index contributed by atoms with van der Waals surface area (Å²) in [6.07, 6.45) is 2.06. The first kappa shape index (κ1) is 20.4. The van der Waals surface area contributed by atoms with Crippen LogP contribution in [-0.4, -0.2) is 29.5 Å². The highest BCUT2D eigenvalue weighted by Crippen LogP contribution is 2.27. The van der Waals surface area contributed by atoms with E-state index in [0.29, 0.717) is 43.5 Å². The number of carboxylic acid groups (broad SMARTS) is 1. The van der Waals surface area contributed by atoms with Gasteiger partial charge in [0.25, 0.3) is 0 Å². The minimum absolute atomic E-state index is 0.0308. The second kappa shape index (κ2) is 9.23. The van der Waals surface area contributed by atoms with Gasteiger partial charge >= 0.3 is 5.97 Å². The maximum atomic E-state index is 12.1. The Morgan fingerprint density at radius 2 is 1.93 bits per heavy atom. The number of amides is 2. The van der Waals surface area contributed by atoms with Gasteiger partial charge in [0, 0.05) is 24.2 Å². The molecule has 0 aliphatic carbocycles. The number of carboxylic acids is 1. The third kappa shape index (κ3) is 5.57. The average Bonchev–Trinajstić information content (AvgIpc) is 2.71. The number of carbonyl (C=O) groups excluding carboxylic acids is 2. The summed E-state index contributed by atoms with van der Waals surface area (Å²) < 4.78 is 5.72. The number of carbonyl (C=O) groups is 3. The van der Waals surface area contributed by atoms with Gasteiger partial charge in [-0.1, -0.05) is 12.1 Å². The fraction of sp³-hybridized carbons (Fsp3) is 0.318. The van der Waals surface area contributed by atoms with E-state index >= 15 is 0 Å². The fourth-order valence-corrected chi connectivity index (χ4v) is 3.09. The highest BCUT2D eigenvalue weighted by molar-refractivity contribution is 5.94. The molecule has 0 bridgehead atoms. The number of hydrogen-bond donors (Lipinski definition) is 3. The molecule has 1 heterocycles. The molecule has 0 saturated heterocycles. The Morgan fingerprint density at radius 1 is 1.17 bits per heavy atom. The van der Waals surface area contributed by atoms with E-state index in [1.807, 2.05) is 18.2 Å². The zero-order chi connectivity index (χ0) is 20.8. The molecule has 0 aromatic heterocycles. The molecule has 1 atom stereocenters. The summed E-state index contributed by atoms with van der Waals surface area (Å²) in [7, 11) is 0. The summed E-state index contributed by atoms with van der Waals surface area (Å²) >= 11 is 0. The van der Waals surface area contributed by atoms with Gasteiger partial charge in [-0.05, 0) is 61.2 Å². The Bertz CT molecular complexity index is 908. The minimum Gasteiger partial charge on any atom is -0.494 e. The highest BCUT2D eigenvalue weighted by Gasteiger charge is 2.15. The third-order valence-electron chi connectivity index (χ3n) is 4.85. The highest BCUT2D eigenvalue weighted by atomic mass is 16.5. The Morgan fingerprint density at radius 3 is 2.66 bits per heavy atom. The zero-order valence-corrected chi connectivity index (χ0v) is 16.2. The Labute approximate surface area is 169 Å². The number of ether oxygens (including phenoxy) is 1. The molecule has 2 amide bonds. The van der Waals surface area contributed by atoms with E-state index in [1.54, 1.807) is 31.2 Å². The lowest BCUT2D eigenvalue weighted by Crippen LogP contribution is -2.18. The topological polar surface area (TPSA) is 105 Å². The SMILES string of the molecule is CC(C(=O)O)c1ccc(NC(=O)CCCOc2ccc3c(c2)CCC(=O)N3)cc1. The van der Waals surface area contributed by atoms with Crippen LogP contribution in [0.3, 0.4) is 0 Å². The number of fused-ring (bicyclic) bond motifs is 1. The van der Waals surface area contributed by atoms with Gasteiger partial charge in [0.15, 0.2) is 0 Å². The molecule has 1 unspecified atom stereocenters. The van der Waals surface area contributed by atoms with E-state index < -0.39 is 11.9 Å². The van der Waals surface area contributed by atoms with Crippen LogP contribution >= 0.6 is 0 Å². The summed E-state index contributed by atoms with van der Waals surface area (Å²) in [5, 5.41) is 14.7. The van der Waals surface area contributed by atoms with E-state index in [0.717, 1.165) is 17.0 Å². The van der Waals surface area contributed by atoms with Gasteiger partial charge in [-0.3, -0.25) is 14.4 Å². The molecule has 3 N–H and O–H groups in total. The van der Waals surface area contributed by atoms with Crippen LogP contribution in [0.15, 0.2) is 42.5 Å². The first-order chi connectivity index (χ1) is 13.9. The summed E-state index contributed by atoms with van der Waals surface area (Å²) in [6.45, 7) is 2.03. The predicted octanol–water partition coefficient (Wildman–Crippen LogP) is 3.56. The van der Waals surface area contributed by atoms with E-state index in [1.165, 1.54) is 0 Å². The molecule has 2 aromatic rings. The summed E-state index contributed by atoms with van der Waals surface area (Å²) in [5.41, 5.74) is 3.21. The van der Waals surface area contributed by atoms with E-state index in [2.05, 4.69) is 10.6 Å². The van der Waals surface area contributed by atoms with Gasteiger partial charge in [-0.2, -0.15) is 0 Å². The summed E-state index contributed by atoms with van der Waals surface area (Å²) in [5.74, 6) is -0.838. The number of hydrogen-bond acceptors (Lipinski definition) is 4. The normalized spacial score (nSPS) is 13.8. The molecular formula is C22H24N2O5. The number of aliphatic carboxylic acids is 1. The maximum absolute atomic E-state index is 12.1. The molecule has 3 rings (SSSR count). The van der Waals surface area contributed by atoms with Crippen molar-refractivity contribution in [2.75, 3.05) is 17.2 Å². The van der Waals surface area contributed by atoms with Crippen molar-refractivity contribution in [3.63, 3.8) is 0 Å². The van der Waals surface area contributed by atoms with Crippen LogP contribution in [0.4, 0.5) is 11.4 Å². The van der Waals surface area contributed by atoms with Gasteiger partial charge < -0.3 is 20.5 Å².